The number of methoxy groups -OCH3 is 1. The molecule has 0 saturated carbocycles. The minimum absolute atomic E-state index is 0.175. The number of carbonyl (C=O) groups is 1. The molecular formula is C26H28Cl2N6O3. The number of hydroxylamine groups is 2. The molecule has 194 valence electrons. The molecule has 5 rings (SSSR count). The van der Waals surface area contributed by atoms with E-state index in [9.17, 15) is 4.79 Å². The molecule has 37 heavy (non-hydrogen) atoms. The summed E-state index contributed by atoms with van der Waals surface area (Å²) in [5.41, 5.74) is 3.55. The summed E-state index contributed by atoms with van der Waals surface area (Å²) < 4.78 is 5.11. The second-order valence-corrected chi connectivity index (χ2v) is 9.48. The summed E-state index contributed by atoms with van der Waals surface area (Å²) in [5, 5.41) is 11.8. The van der Waals surface area contributed by atoms with Crippen LogP contribution in [-0.2, 0) is 14.4 Å². The van der Waals surface area contributed by atoms with Crippen LogP contribution < -0.4 is 20.9 Å². The number of halogens is 2. The Kier molecular flexibility index (Phi) is 7.97. The lowest BCUT2D eigenvalue weighted by molar-refractivity contribution is -0.193. The molecule has 11 heteroatoms. The molecule has 3 aliphatic rings. The topological polar surface area (TPSA) is 90.5 Å². The zero-order valence-corrected chi connectivity index (χ0v) is 21.9. The van der Waals surface area contributed by atoms with Crippen LogP contribution in [-0.4, -0.2) is 69.6 Å². The van der Waals surface area contributed by atoms with Gasteiger partial charge in [-0.2, -0.15) is 5.06 Å². The van der Waals surface area contributed by atoms with Crippen LogP contribution in [0.5, 0.6) is 0 Å². The molecule has 9 nitrogen and oxygen atoms in total. The Hall–Kier alpha value is -3.08. The Morgan fingerprint density at radius 3 is 2.51 bits per heavy atom. The smallest absolute Gasteiger partial charge is 0.280 e. The molecule has 3 N–H and O–H groups in total. The van der Waals surface area contributed by atoms with Gasteiger partial charge in [-0.3, -0.25) is 9.63 Å². The van der Waals surface area contributed by atoms with Crippen LogP contribution in [0.3, 0.4) is 0 Å². The Morgan fingerprint density at radius 1 is 1.08 bits per heavy atom. The van der Waals surface area contributed by atoms with Crippen LogP contribution in [0.1, 0.15) is 5.56 Å². The Bertz CT molecular complexity index is 1220. The summed E-state index contributed by atoms with van der Waals surface area (Å²) >= 11 is 12.8. The molecule has 0 spiro atoms. The molecule has 0 bridgehead atoms. The first-order valence-corrected chi connectivity index (χ1v) is 12.8. The van der Waals surface area contributed by atoms with Crippen molar-refractivity contribution in [3.63, 3.8) is 0 Å². The fourth-order valence-corrected chi connectivity index (χ4v) is 4.99. The van der Waals surface area contributed by atoms with Gasteiger partial charge in [-0.1, -0.05) is 29.3 Å². The lowest BCUT2D eigenvalue weighted by Gasteiger charge is -2.35. The van der Waals surface area contributed by atoms with Gasteiger partial charge >= 0.3 is 0 Å². The summed E-state index contributed by atoms with van der Waals surface area (Å²) in [6.07, 6.45) is 2.84. The Balaban J connectivity index is 1.38. The van der Waals surface area contributed by atoms with Gasteiger partial charge in [0, 0.05) is 62.0 Å². The van der Waals surface area contributed by atoms with Crippen molar-refractivity contribution in [1.29, 1.82) is 0 Å². The van der Waals surface area contributed by atoms with E-state index >= 15 is 0 Å². The number of guanidine groups is 1. The fourth-order valence-electron chi connectivity index (χ4n) is 4.39. The van der Waals surface area contributed by atoms with Gasteiger partial charge in [0.1, 0.15) is 0 Å². The maximum atomic E-state index is 13.6. The predicted octanol–water partition coefficient (Wildman–Crippen LogP) is 3.49. The average Bonchev–Trinajstić information content (AvgIpc) is 2.91. The number of hydrogen-bond donors (Lipinski definition) is 3. The molecule has 3 aliphatic heterocycles. The van der Waals surface area contributed by atoms with E-state index in [1.54, 1.807) is 37.6 Å². The minimum atomic E-state index is -0.696. The first-order chi connectivity index (χ1) is 18.0. The number of amides is 1. The molecule has 0 aliphatic carbocycles. The SMILES string of the molecule is COCCON1C(=O)C(c2c(Cl)cccc2Cl)=CC2=CNC(Nc3ccc(N4CCNCC4)cc3)=NC21. The first kappa shape index (κ1) is 25.6. The Morgan fingerprint density at radius 2 is 1.81 bits per heavy atom. The summed E-state index contributed by atoms with van der Waals surface area (Å²) in [7, 11) is 1.57. The maximum absolute atomic E-state index is 13.6. The number of hydrogen-bond acceptors (Lipinski definition) is 8. The molecule has 1 saturated heterocycles. The number of ether oxygens (including phenoxy) is 1. The standard InChI is InChI=1S/C26H28Cl2N6O3/c1-36-13-14-37-34-24-17(15-20(25(34)35)23-21(27)3-2-4-22(23)28)16-30-26(32-24)31-18-5-7-19(8-6-18)33-11-9-29-10-12-33/h2-8,15-16,24,29H,9-14H2,1H3,(H2,30,31,32). The van der Waals surface area contributed by atoms with Crippen LogP contribution in [0.2, 0.25) is 10.0 Å². The molecule has 1 amide bonds. The molecule has 1 unspecified atom stereocenters. The van der Waals surface area contributed by atoms with Gasteiger partial charge in [0.05, 0.1) is 28.8 Å². The van der Waals surface area contributed by atoms with Crippen molar-refractivity contribution in [2.45, 2.75) is 6.17 Å². The molecule has 3 heterocycles. The van der Waals surface area contributed by atoms with Gasteiger partial charge < -0.3 is 25.6 Å². The quantitative estimate of drug-likeness (QED) is 0.461. The molecule has 2 aromatic rings. The molecule has 1 atom stereocenters. The van der Waals surface area contributed by atoms with Crippen molar-refractivity contribution in [3.8, 4) is 0 Å². The lowest BCUT2D eigenvalue weighted by atomic mass is 9.97. The summed E-state index contributed by atoms with van der Waals surface area (Å²) in [6.45, 7) is 4.42. The van der Waals surface area contributed by atoms with Gasteiger partial charge in [-0.25, -0.2) is 4.99 Å². The van der Waals surface area contributed by atoms with Gasteiger partial charge in [0.15, 0.2) is 6.17 Å². The highest BCUT2D eigenvalue weighted by molar-refractivity contribution is 6.40. The second kappa shape index (κ2) is 11.5. The number of nitrogens with one attached hydrogen (secondary N) is 3. The molecule has 0 aromatic heterocycles. The second-order valence-electron chi connectivity index (χ2n) is 8.66. The monoisotopic (exact) mass is 542 g/mol. The largest absolute Gasteiger partial charge is 0.382 e. The summed E-state index contributed by atoms with van der Waals surface area (Å²) in [4.78, 5) is 26.5. The van der Waals surface area contributed by atoms with Crippen molar-refractivity contribution in [2.24, 2.45) is 4.99 Å². The van der Waals surface area contributed by atoms with Crippen LogP contribution >= 0.6 is 23.2 Å². The third-order valence-electron chi connectivity index (χ3n) is 6.25. The number of anilines is 2. The zero-order chi connectivity index (χ0) is 25.8. The van der Waals surface area contributed by atoms with Crippen LogP contribution in [0.25, 0.3) is 5.57 Å². The number of rotatable bonds is 7. The first-order valence-electron chi connectivity index (χ1n) is 12.0. The number of fused-ring (bicyclic) bond motifs is 1. The molecular weight excluding hydrogens is 515 g/mol. The lowest BCUT2D eigenvalue weighted by Crippen LogP contribution is -2.48. The number of piperazine rings is 1. The van der Waals surface area contributed by atoms with E-state index in [1.165, 1.54) is 10.8 Å². The van der Waals surface area contributed by atoms with Crippen molar-refractivity contribution < 1.29 is 14.4 Å². The van der Waals surface area contributed by atoms with Crippen molar-refractivity contribution in [3.05, 3.63) is 75.9 Å². The van der Waals surface area contributed by atoms with Crippen molar-refractivity contribution in [2.75, 3.05) is 56.7 Å². The third-order valence-corrected chi connectivity index (χ3v) is 6.88. The van der Waals surface area contributed by atoms with E-state index in [0.717, 1.165) is 37.4 Å². The number of nitrogens with zero attached hydrogens (tertiary/aromatic N) is 3. The average molecular weight is 543 g/mol. The van der Waals surface area contributed by atoms with Crippen molar-refractivity contribution >= 4 is 52.0 Å². The van der Waals surface area contributed by atoms with Crippen LogP contribution in [0, 0.1) is 0 Å². The molecule has 0 radical (unpaired) electrons. The van der Waals surface area contributed by atoms with E-state index in [0.29, 0.717) is 33.7 Å². The van der Waals surface area contributed by atoms with Gasteiger partial charge in [0.25, 0.3) is 5.91 Å². The molecule has 2 aromatic carbocycles. The third kappa shape index (κ3) is 5.61. The maximum Gasteiger partial charge on any atom is 0.280 e. The van der Waals surface area contributed by atoms with Crippen LogP contribution in [0.4, 0.5) is 11.4 Å². The molecule has 1 fully saturated rings. The van der Waals surface area contributed by atoms with E-state index in [-0.39, 0.29) is 6.61 Å². The highest BCUT2D eigenvalue weighted by Gasteiger charge is 2.38. The summed E-state index contributed by atoms with van der Waals surface area (Å²) in [6, 6.07) is 13.3. The minimum Gasteiger partial charge on any atom is -0.382 e. The summed E-state index contributed by atoms with van der Waals surface area (Å²) in [5.74, 6) is 0.100. The van der Waals surface area contributed by atoms with E-state index < -0.39 is 12.1 Å². The van der Waals surface area contributed by atoms with Gasteiger partial charge in [-0.05, 0) is 42.5 Å². The fraction of sp³-hybridized carbons (Fsp3) is 0.308. The Labute approximate surface area is 225 Å². The normalized spacial score (nSPS) is 19.5. The highest BCUT2D eigenvalue weighted by Crippen LogP contribution is 2.37. The number of benzene rings is 2. The van der Waals surface area contributed by atoms with E-state index in [1.807, 2.05) is 12.1 Å². The number of carbonyl (C=O) groups excluding carboxylic acids is 1. The van der Waals surface area contributed by atoms with E-state index in [2.05, 4.69) is 33.0 Å². The highest BCUT2D eigenvalue weighted by atomic mass is 35.5. The van der Waals surface area contributed by atoms with Gasteiger partial charge in [-0.15, -0.1) is 0 Å². The number of aliphatic imine (C=N–C) groups is 1. The van der Waals surface area contributed by atoms with Crippen molar-refractivity contribution in [1.82, 2.24) is 15.7 Å². The van der Waals surface area contributed by atoms with E-state index in [4.69, 9.17) is 37.8 Å². The van der Waals surface area contributed by atoms with Gasteiger partial charge in [0.2, 0.25) is 5.96 Å². The predicted molar refractivity (Wildman–Crippen MR) is 147 cm³/mol. The van der Waals surface area contributed by atoms with Crippen LogP contribution in [0.15, 0.2) is 65.3 Å². The zero-order valence-electron chi connectivity index (χ0n) is 20.3.